The zero-order valence-corrected chi connectivity index (χ0v) is 14.6. The van der Waals surface area contributed by atoms with E-state index < -0.39 is 0 Å². The summed E-state index contributed by atoms with van der Waals surface area (Å²) in [5.41, 5.74) is 2.92. The summed E-state index contributed by atoms with van der Waals surface area (Å²) >= 11 is 0.592. The average Bonchev–Trinajstić information content (AvgIpc) is 2.90. The lowest BCUT2D eigenvalue weighted by atomic mass is 9.55. The SMILES string of the molecule is C[C@]12CCC3c4ccc(OSOOO)cc4CCC3C1CC[C@@H]2O. The fourth-order valence-corrected chi connectivity index (χ4v) is 5.88. The first-order chi connectivity index (χ1) is 11.6. The van der Waals surface area contributed by atoms with Gasteiger partial charge in [0.15, 0.2) is 0 Å². The summed E-state index contributed by atoms with van der Waals surface area (Å²) in [6.45, 7) is 2.30. The summed E-state index contributed by atoms with van der Waals surface area (Å²) in [6, 6.07) is 6.19. The molecule has 0 amide bonds. The summed E-state index contributed by atoms with van der Waals surface area (Å²) in [7, 11) is 0. The minimum absolute atomic E-state index is 0.119. The number of hydrogen-bond donors (Lipinski definition) is 2. The first-order valence-electron chi connectivity index (χ1n) is 8.76. The number of aliphatic hydroxyl groups is 1. The molecule has 2 N–H and O–H groups in total. The molecule has 2 fully saturated rings. The van der Waals surface area contributed by atoms with Crippen LogP contribution >= 0.6 is 12.3 Å². The molecule has 2 saturated carbocycles. The van der Waals surface area contributed by atoms with Gasteiger partial charge in [-0.15, -0.1) is 0 Å². The maximum absolute atomic E-state index is 10.4. The zero-order chi connectivity index (χ0) is 16.7. The highest BCUT2D eigenvalue weighted by molar-refractivity contribution is 7.90. The molecule has 0 heterocycles. The Labute approximate surface area is 146 Å². The van der Waals surface area contributed by atoms with E-state index >= 15 is 0 Å². The molecular weight excluding hydrogens is 328 g/mol. The Hall–Kier alpha value is -0.790. The molecule has 1 aromatic carbocycles. The number of benzene rings is 1. The number of hydrogen-bond acceptors (Lipinski definition) is 6. The van der Waals surface area contributed by atoms with E-state index in [0.717, 1.165) is 25.7 Å². The van der Waals surface area contributed by atoms with Gasteiger partial charge in [-0.2, -0.15) is 0 Å². The summed E-state index contributed by atoms with van der Waals surface area (Å²) < 4.78 is 9.59. The highest BCUT2D eigenvalue weighted by Crippen LogP contribution is 2.60. The van der Waals surface area contributed by atoms with Crippen molar-refractivity contribution < 1.29 is 23.9 Å². The van der Waals surface area contributed by atoms with Crippen LogP contribution in [0.4, 0.5) is 0 Å². The van der Waals surface area contributed by atoms with Gasteiger partial charge in [-0.25, -0.2) is 5.26 Å². The third-order valence-electron chi connectivity index (χ3n) is 6.84. The van der Waals surface area contributed by atoms with Crippen molar-refractivity contribution in [3.63, 3.8) is 0 Å². The Morgan fingerprint density at radius 3 is 2.92 bits per heavy atom. The second-order valence-corrected chi connectivity index (χ2v) is 8.15. The molecule has 0 saturated heterocycles. The van der Waals surface area contributed by atoms with Crippen LogP contribution in [-0.2, 0) is 15.8 Å². The van der Waals surface area contributed by atoms with Crippen LogP contribution < -0.4 is 4.18 Å². The molecule has 0 bridgehead atoms. The molecule has 6 heteroatoms. The molecule has 0 spiro atoms. The van der Waals surface area contributed by atoms with E-state index in [0.29, 0.717) is 35.8 Å². The molecule has 0 aromatic heterocycles. The van der Waals surface area contributed by atoms with Crippen LogP contribution in [0.3, 0.4) is 0 Å². The van der Waals surface area contributed by atoms with E-state index in [1.165, 1.54) is 24.0 Å². The third-order valence-corrected chi connectivity index (χ3v) is 7.21. The van der Waals surface area contributed by atoms with Crippen molar-refractivity contribution in [3.05, 3.63) is 29.3 Å². The van der Waals surface area contributed by atoms with Crippen LogP contribution in [0, 0.1) is 17.3 Å². The maximum atomic E-state index is 10.4. The Balaban J connectivity index is 1.55. The van der Waals surface area contributed by atoms with E-state index in [1.54, 1.807) is 0 Å². The normalized spacial score (nSPS) is 37.5. The lowest BCUT2D eigenvalue weighted by Gasteiger charge is -2.50. The van der Waals surface area contributed by atoms with Crippen molar-refractivity contribution in [1.29, 1.82) is 0 Å². The van der Waals surface area contributed by atoms with Crippen molar-refractivity contribution in [1.82, 2.24) is 0 Å². The molecule has 24 heavy (non-hydrogen) atoms. The van der Waals surface area contributed by atoms with E-state index in [9.17, 15) is 5.11 Å². The number of aryl methyl sites for hydroxylation is 1. The van der Waals surface area contributed by atoms with Gasteiger partial charge in [0.1, 0.15) is 5.75 Å². The van der Waals surface area contributed by atoms with Gasteiger partial charge < -0.3 is 9.29 Å². The van der Waals surface area contributed by atoms with E-state index in [1.807, 2.05) is 6.07 Å². The fourth-order valence-electron chi connectivity index (χ4n) is 5.65. The predicted molar refractivity (Wildman–Crippen MR) is 90.1 cm³/mol. The van der Waals surface area contributed by atoms with Gasteiger partial charge in [-0.3, -0.25) is 0 Å². The molecule has 4 rings (SSSR count). The van der Waals surface area contributed by atoms with Gasteiger partial charge in [0.25, 0.3) is 12.3 Å². The second-order valence-electron chi connectivity index (χ2n) is 7.71. The van der Waals surface area contributed by atoms with E-state index in [4.69, 9.17) is 9.44 Å². The van der Waals surface area contributed by atoms with Gasteiger partial charge in [0.05, 0.1) is 6.10 Å². The Bertz CT molecular complexity index is 609. The first kappa shape index (κ1) is 16.7. The molecule has 3 aliphatic carbocycles. The molecule has 5 nitrogen and oxygen atoms in total. The Kier molecular flexibility index (Phi) is 4.51. The van der Waals surface area contributed by atoms with Crippen LogP contribution in [0.1, 0.15) is 56.1 Å². The van der Waals surface area contributed by atoms with Crippen molar-refractivity contribution in [2.24, 2.45) is 17.3 Å². The van der Waals surface area contributed by atoms with E-state index in [-0.39, 0.29) is 11.5 Å². The molecule has 132 valence electrons. The van der Waals surface area contributed by atoms with Crippen LogP contribution in [0.5, 0.6) is 5.75 Å². The van der Waals surface area contributed by atoms with Crippen LogP contribution in [0.2, 0.25) is 0 Å². The van der Waals surface area contributed by atoms with Crippen molar-refractivity contribution >= 4 is 12.3 Å². The molecule has 1 aromatic rings. The number of fused-ring (bicyclic) bond motifs is 5. The van der Waals surface area contributed by atoms with Crippen molar-refractivity contribution in [2.75, 3.05) is 0 Å². The topological polar surface area (TPSA) is 68.2 Å². The zero-order valence-electron chi connectivity index (χ0n) is 13.8. The molecular formula is C18H24O5S. The van der Waals surface area contributed by atoms with Gasteiger partial charge in [-0.1, -0.05) is 22.4 Å². The minimum Gasteiger partial charge on any atom is -0.399 e. The predicted octanol–water partition coefficient (Wildman–Crippen LogP) is 4.27. The van der Waals surface area contributed by atoms with Gasteiger partial charge in [0.2, 0.25) is 0 Å². The molecule has 0 radical (unpaired) electrons. The largest absolute Gasteiger partial charge is 0.399 e. The highest BCUT2D eigenvalue weighted by Gasteiger charge is 2.54. The van der Waals surface area contributed by atoms with Gasteiger partial charge in [0, 0.05) is 0 Å². The van der Waals surface area contributed by atoms with E-state index in [2.05, 4.69) is 28.4 Å². The lowest BCUT2D eigenvalue weighted by Crippen LogP contribution is -2.43. The summed E-state index contributed by atoms with van der Waals surface area (Å²) in [4.78, 5) is 0. The number of rotatable bonds is 4. The van der Waals surface area contributed by atoms with Crippen LogP contribution in [0.15, 0.2) is 18.2 Å². The van der Waals surface area contributed by atoms with Crippen molar-refractivity contribution in [3.8, 4) is 5.75 Å². The quantitative estimate of drug-likeness (QED) is 0.365. The first-order valence-corrected chi connectivity index (χ1v) is 9.42. The molecule has 3 unspecified atom stereocenters. The second kappa shape index (κ2) is 6.50. The van der Waals surface area contributed by atoms with Gasteiger partial charge in [-0.05, 0) is 85.0 Å². The maximum Gasteiger partial charge on any atom is 0.261 e. The Morgan fingerprint density at radius 2 is 2.08 bits per heavy atom. The summed E-state index contributed by atoms with van der Waals surface area (Å²) in [5.74, 6) is 2.66. The monoisotopic (exact) mass is 352 g/mol. The van der Waals surface area contributed by atoms with Crippen LogP contribution in [-0.4, -0.2) is 16.5 Å². The third kappa shape index (κ3) is 2.65. The standard InChI is InChI=1S/C18H24O5S/c1-18-9-8-14-13-5-3-12(21-24-23-22-20)10-11(13)2-4-15(14)16(18)6-7-17(18)19/h3,5,10,14-17,19-20H,2,4,6-9H2,1H3/t14?,15?,16?,17-,18-/m0/s1. The number of aliphatic hydroxyl groups excluding tert-OH is 1. The summed E-state index contributed by atoms with van der Waals surface area (Å²) in [5, 5.41) is 22.1. The lowest BCUT2D eigenvalue weighted by molar-refractivity contribution is -0.433. The summed E-state index contributed by atoms with van der Waals surface area (Å²) in [6.07, 6.45) is 6.55. The smallest absolute Gasteiger partial charge is 0.261 e. The fraction of sp³-hybridized carbons (Fsp3) is 0.667. The highest BCUT2D eigenvalue weighted by atomic mass is 32.2. The van der Waals surface area contributed by atoms with Gasteiger partial charge >= 0.3 is 0 Å². The molecule has 5 atom stereocenters. The molecule has 3 aliphatic rings. The Morgan fingerprint density at radius 1 is 1.21 bits per heavy atom. The average molecular weight is 352 g/mol. The van der Waals surface area contributed by atoms with Crippen molar-refractivity contribution in [2.45, 2.75) is 57.5 Å². The minimum atomic E-state index is -0.119. The molecule has 0 aliphatic heterocycles. The van der Waals surface area contributed by atoms with Crippen LogP contribution in [0.25, 0.3) is 0 Å².